The van der Waals surface area contributed by atoms with Gasteiger partial charge in [0.25, 0.3) is 0 Å². The number of rotatable bonds is 1. The average Bonchev–Trinajstić information content (AvgIpc) is 2.12. The molecule has 0 radical (unpaired) electrons. The minimum absolute atomic E-state index is 0.212. The van der Waals surface area contributed by atoms with Crippen LogP contribution in [0.2, 0.25) is 5.02 Å². The molecule has 0 aromatic heterocycles. The molecule has 0 aliphatic carbocycles. The Kier molecular flexibility index (Phi) is 3.63. The summed E-state index contributed by atoms with van der Waals surface area (Å²) in [5.74, 6) is 0. The van der Waals surface area contributed by atoms with Crippen molar-refractivity contribution in [1.29, 1.82) is 0 Å². The fraction of sp³-hybridized carbons (Fsp3) is 0.333. The van der Waals surface area contributed by atoms with Crippen LogP contribution in [-0.2, 0) is 6.18 Å². The van der Waals surface area contributed by atoms with E-state index in [1.165, 1.54) is 0 Å². The Morgan fingerprint density at radius 3 is 1.94 bits per heavy atom. The van der Waals surface area contributed by atoms with E-state index in [0.717, 1.165) is 0 Å². The van der Waals surface area contributed by atoms with Crippen LogP contribution in [0.15, 0.2) is 18.2 Å². The van der Waals surface area contributed by atoms with Crippen LogP contribution < -0.4 is 0 Å². The van der Waals surface area contributed by atoms with Crippen LogP contribution >= 0.6 is 11.6 Å². The third-order valence-corrected chi connectivity index (χ3v) is 2.09. The number of aliphatic hydroxyl groups is 1. The van der Waals surface area contributed by atoms with Gasteiger partial charge in [0.1, 0.15) is 0 Å². The lowest BCUT2D eigenvalue weighted by Crippen LogP contribution is -2.20. The van der Waals surface area contributed by atoms with Crippen molar-refractivity contribution in [2.24, 2.45) is 0 Å². The van der Waals surface area contributed by atoms with E-state index >= 15 is 0 Å². The van der Waals surface area contributed by atoms with E-state index < -0.39 is 34.6 Å². The topological polar surface area (TPSA) is 20.2 Å². The maximum Gasteiger partial charge on any atom is 0.418 e. The largest absolute Gasteiger partial charge is 0.418 e. The lowest BCUT2D eigenvalue weighted by molar-refractivity contribution is -0.207. The Balaban J connectivity index is 3.24. The van der Waals surface area contributed by atoms with Crippen molar-refractivity contribution in [2.75, 3.05) is 0 Å². The summed E-state index contributed by atoms with van der Waals surface area (Å²) in [6.45, 7) is 0. The first kappa shape index (κ1) is 14.1. The summed E-state index contributed by atoms with van der Waals surface area (Å²) in [6, 6.07) is 1.33. The smallest absolute Gasteiger partial charge is 0.379 e. The first-order valence-electron chi connectivity index (χ1n) is 4.14. The standard InChI is InChI=1S/C9H5ClF6O/c10-6-2-4(7(17)9(14,15)16)1-5(3-6)8(11,12)13/h1-3,7,17H/t7-/m0/s1. The highest BCUT2D eigenvalue weighted by molar-refractivity contribution is 6.30. The second kappa shape index (κ2) is 4.38. The molecule has 1 N–H and O–H groups in total. The van der Waals surface area contributed by atoms with E-state index in [2.05, 4.69) is 0 Å². The Hall–Kier alpha value is -0.950. The zero-order valence-electron chi connectivity index (χ0n) is 7.90. The molecule has 0 heterocycles. The molecule has 17 heavy (non-hydrogen) atoms. The van der Waals surface area contributed by atoms with E-state index in [0.29, 0.717) is 12.1 Å². The van der Waals surface area contributed by atoms with Crippen LogP contribution in [0.25, 0.3) is 0 Å². The van der Waals surface area contributed by atoms with Gasteiger partial charge in [0, 0.05) is 5.02 Å². The Labute approximate surface area is 96.6 Å². The highest BCUT2D eigenvalue weighted by atomic mass is 35.5. The van der Waals surface area contributed by atoms with E-state index in [-0.39, 0.29) is 6.07 Å². The van der Waals surface area contributed by atoms with Gasteiger partial charge in [-0.1, -0.05) is 11.6 Å². The van der Waals surface area contributed by atoms with E-state index in [1.54, 1.807) is 0 Å². The summed E-state index contributed by atoms with van der Waals surface area (Å²) in [6.07, 6.45) is -12.9. The molecule has 0 spiro atoms. The summed E-state index contributed by atoms with van der Waals surface area (Å²) in [5, 5.41) is 8.29. The molecule has 0 saturated carbocycles. The zero-order chi connectivity index (χ0) is 13.4. The van der Waals surface area contributed by atoms with Crippen LogP contribution in [0.5, 0.6) is 0 Å². The number of aliphatic hydroxyl groups excluding tert-OH is 1. The molecular weight excluding hydrogens is 274 g/mol. The van der Waals surface area contributed by atoms with E-state index in [1.807, 2.05) is 0 Å². The lowest BCUT2D eigenvalue weighted by atomic mass is 10.1. The van der Waals surface area contributed by atoms with Gasteiger partial charge in [-0.05, 0) is 23.8 Å². The zero-order valence-corrected chi connectivity index (χ0v) is 8.66. The van der Waals surface area contributed by atoms with Crippen molar-refractivity contribution in [2.45, 2.75) is 18.5 Å². The summed E-state index contributed by atoms with van der Waals surface area (Å²) in [4.78, 5) is 0. The molecule has 0 aliphatic heterocycles. The molecule has 0 saturated heterocycles. The van der Waals surface area contributed by atoms with Crippen molar-refractivity contribution in [3.05, 3.63) is 34.3 Å². The molecule has 1 aromatic rings. The molecule has 8 heteroatoms. The van der Waals surface area contributed by atoms with Gasteiger partial charge in [-0.3, -0.25) is 0 Å². The van der Waals surface area contributed by atoms with Crippen molar-refractivity contribution in [3.8, 4) is 0 Å². The minimum Gasteiger partial charge on any atom is -0.379 e. The Bertz CT molecular complexity index is 411. The van der Waals surface area contributed by atoms with Gasteiger partial charge in [0.15, 0.2) is 6.10 Å². The predicted octanol–water partition coefficient (Wildman–Crippen LogP) is 3.95. The fourth-order valence-electron chi connectivity index (χ4n) is 1.12. The van der Waals surface area contributed by atoms with Crippen LogP contribution in [0.3, 0.4) is 0 Å². The van der Waals surface area contributed by atoms with Gasteiger partial charge < -0.3 is 5.11 Å². The molecular formula is C9H5ClF6O. The van der Waals surface area contributed by atoms with Crippen molar-refractivity contribution in [1.82, 2.24) is 0 Å². The fourth-order valence-corrected chi connectivity index (χ4v) is 1.37. The number of hydrogen-bond acceptors (Lipinski definition) is 1. The maximum atomic E-state index is 12.3. The molecule has 1 rings (SSSR count). The van der Waals surface area contributed by atoms with Gasteiger partial charge in [-0.2, -0.15) is 26.3 Å². The van der Waals surface area contributed by atoms with Gasteiger partial charge in [-0.15, -0.1) is 0 Å². The molecule has 0 aliphatic rings. The monoisotopic (exact) mass is 278 g/mol. The van der Waals surface area contributed by atoms with Crippen molar-refractivity contribution < 1.29 is 31.4 Å². The third kappa shape index (κ3) is 3.50. The normalized spacial score (nSPS) is 14.8. The van der Waals surface area contributed by atoms with Gasteiger partial charge >= 0.3 is 12.4 Å². The second-order valence-corrected chi connectivity index (χ2v) is 3.65. The highest BCUT2D eigenvalue weighted by Gasteiger charge is 2.41. The Morgan fingerprint density at radius 2 is 1.53 bits per heavy atom. The predicted molar refractivity (Wildman–Crippen MR) is 47.5 cm³/mol. The second-order valence-electron chi connectivity index (χ2n) is 3.22. The molecule has 1 atom stereocenters. The summed E-state index contributed by atoms with van der Waals surface area (Å²) >= 11 is 5.27. The molecule has 1 aromatic carbocycles. The number of alkyl halides is 6. The number of halogens is 7. The lowest BCUT2D eigenvalue weighted by Gasteiger charge is -2.17. The first-order valence-corrected chi connectivity index (χ1v) is 4.52. The van der Waals surface area contributed by atoms with E-state index in [4.69, 9.17) is 16.7 Å². The molecule has 0 unspecified atom stereocenters. The summed E-state index contributed by atoms with van der Waals surface area (Å²) in [7, 11) is 0. The quantitative estimate of drug-likeness (QED) is 0.771. The van der Waals surface area contributed by atoms with Crippen LogP contribution in [-0.4, -0.2) is 11.3 Å². The molecule has 1 nitrogen and oxygen atoms in total. The van der Waals surface area contributed by atoms with Crippen molar-refractivity contribution in [3.63, 3.8) is 0 Å². The number of benzene rings is 1. The third-order valence-electron chi connectivity index (χ3n) is 1.87. The van der Waals surface area contributed by atoms with Gasteiger partial charge in [-0.25, -0.2) is 0 Å². The van der Waals surface area contributed by atoms with Crippen LogP contribution in [0.4, 0.5) is 26.3 Å². The highest BCUT2D eigenvalue weighted by Crippen LogP contribution is 2.37. The molecule has 0 bridgehead atoms. The van der Waals surface area contributed by atoms with Gasteiger partial charge in [0.2, 0.25) is 0 Å². The molecule has 96 valence electrons. The van der Waals surface area contributed by atoms with E-state index in [9.17, 15) is 26.3 Å². The van der Waals surface area contributed by atoms with Crippen LogP contribution in [0.1, 0.15) is 17.2 Å². The van der Waals surface area contributed by atoms with Crippen LogP contribution in [0, 0.1) is 0 Å². The number of hydrogen-bond donors (Lipinski definition) is 1. The van der Waals surface area contributed by atoms with Gasteiger partial charge in [0.05, 0.1) is 5.56 Å². The average molecular weight is 279 g/mol. The Morgan fingerprint density at radius 1 is 1.00 bits per heavy atom. The summed E-state index contributed by atoms with van der Waals surface area (Å²) < 4.78 is 73.2. The SMILES string of the molecule is O[C@@H](c1cc(Cl)cc(C(F)(F)F)c1)C(F)(F)F. The maximum absolute atomic E-state index is 12.3. The first-order chi connectivity index (χ1) is 7.51. The molecule has 0 amide bonds. The minimum atomic E-state index is -5.05. The summed E-state index contributed by atoms with van der Waals surface area (Å²) in [5.41, 5.74) is -2.29. The van der Waals surface area contributed by atoms with Crippen molar-refractivity contribution >= 4 is 11.6 Å². The molecule has 0 fully saturated rings.